The standard InChI is InChI=1S/C7H12O2S/c1-7-4-2-6(7)3-5-10(7,8)9/h6H,2-5H2,1H3. The summed E-state index contributed by atoms with van der Waals surface area (Å²) in [6.45, 7) is 1.91. The summed E-state index contributed by atoms with van der Waals surface area (Å²) in [6, 6.07) is 0. The molecular formula is C7H12O2S. The van der Waals surface area contributed by atoms with Gasteiger partial charge in [0.05, 0.1) is 10.5 Å². The summed E-state index contributed by atoms with van der Waals surface area (Å²) in [4.78, 5) is 0. The van der Waals surface area contributed by atoms with Crippen molar-refractivity contribution in [3.05, 3.63) is 0 Å². The van der Waals surface area contributed by atoms with E-state index >= 15 is 0 Å². The molecule has 2 nitrogen and oxygen atoms in total. The van der Waals surface area contributed by atoms with Crippen LogP contribution in [-0.2, 0) is 9.84 Å². The molecule has 0 radical (unpaired) electrons. The first-order valence-corrected chi connectivity index (χ1v) is 5.44. The van der Waals surface area contributed by atoms with Gasteiger partial charge in [-0.3, -0.25) is 0 Å². The maximum absolute atomic E-state index is 11.3. The summed E-state index contributed by atoms with van der Waals surface area (Å²) >= 11 is 0. The molecule has 0 bridgehead atoms. The zero-order valence-electron chi connectivity index (χ0n) is 6.13. The van der Waals surface area contributed by atoms with E-state index in [0.717, 1.165) is 19.3 Å². The fourth-order valence-corrected chi connectivity index (χ4v) is 4.38. The van der Waals surface area contributed by atoms with Crippen LogP contribution in [-0.4, -0.2) is 18.9 Å². The molecule has 10 heavy (non-hydrogen) atoms. The number of rotatable bonds is 0. The first kappa shape index (κ1) is 6.65. The predicted molar refractivity (Wildman–Crippen MR) is 39.5 cm³/mol. The summed E-state index contributed by atoms with van der Waals surface area (Å²) in [5.41, 5.74) is 0. The molecule has 0 aromatic rings. The maximum Gasteiger partial charge on any atom is 0.156 e. The Morgan fingerprint density at radius 3 is 2.30 bits per heavy atom. The van der Waals surface area contributed by atoms with Gasteiger partial charge in [-0.2, -0.15) is 0 Å². The SMILES string of the molecule is CC12CCC1CCS2(=O)=O. The molecular weight excluding hydrogens is 148 g/mol. The van der Waals surface area contributed by atoms with Crippen LogP contribution in [0.5, 0.6) is 0 Å². The first-order chi connectivity index (χ1) is 4.56. The summed E-state index contributed by atoms with van der Waals surface area (Å²) in [6.07, 6.45) is 2.95. The third-order valence-electron chi connectivity index (χ3n) is 3.30. The second kappa shape index (κ2) is 1.58. The van der Waals surface area contributed by atoms with E-state index < -0.39 is 9.84 Å². The van der Waals surface area contributed by atoms with Gasteiger partial charge >= 0.3 is 0 Å². The van der Waals surface area contributed by atoms with E-state index in [9.17, 15) is 8.42 Å². The smallest absolute Gasteiger partial charge is 0.156 e. The third-order valence-corrected chi connectivity index (χ3v) is 6.03. The summed E-state index contributed by atoms with van der Waals surface area (Å²) in [7, 11) is -2.69. The molecule has 0 aromatic heterocycles. The first-order valence-electron chi connectivity index (χ1n) is 3.78. The minimum atomic E-state index is -2.69. The zero-order valence-corrected chi connectivity index (χ0v) is 6.95. The van der Waals surface area contributed by atoms with E-state index in [2.05, 4.69) is 0 Å². The number of fused-ring (bicyclic) bond motifs is 1. The van der Waals surface area contributed by atoms with Gasteiger partial charge in [0, 0.05) is 0 Å². The average molecular weight is 160 g/mol. The predicted octanol–water partition coefficient (Wildman–Crippen LogP) is 0.974. The zero-order chi connectivity index (χ0) is 7.41. The number of sulfone groups is 1. The molecule has 2 aliphatic rings. The summed E-state index contributed by atoms with van der Waals surface area (Å²) in [5, 5.41) is 0. The average Bonchev–Trinajstić information content (AvgIpc) is 1.93. The van der Waals surface area contributed by atoms with Crippen LogP contribution in [0.25, 0.3) is 0 Å². The van der Waals surface area contributed by atoms with Gasteiger partial charge < -0.3 is 0 Å². The van der Waals surface area contributed by atoms with Gasteiger partial charge in [0.2, 0.25) is 0 Å². The molecule has 0 amide bonds. The minimum Gasteiger partial charge on any atom is -0.228 e. The molecule has 0 N–H and O–H groups in total. The molecule has 58 valence electrons. The second-order valence-electron chi connectivity index (χ2n) is 3.66. The Hall–Kier alpha value is -0.0500. The van der Waals surface area contributed by atoms with E-state index in [1.807, 2.05) is 6.92 Å². The van der Waals surface area contributed by atoms with E-state index in [1.54, 1.807) is 0 Å². The van der Waals surface area contributed by atoms with Crippen molar-refractivity contribution in [3.8, 4) is 0 Å². The van der Waals surface area contributed by atoms with Crippen molar-refractivity contribution in [2.24, 2.45) is 5.92 Å². The van der Waals surface area contributed by atoms with Crippen LogP contribution in [0.15, 0.2) is 0 Å². The Kier molecular flexibility index (Phi) is 1.05. The van der Waals surface area contributed by atoms with Crippen LogP contribution < -0.4 is 0 Å². The van der Waals surface area contributed by atoms with Gasteiger partial charge in [0.1, 0.15) is 0 Å². The fourth-order valence-electron chi connectivity index (χ4n) is 2.14. The Balaban J connectivity index is 2.46. The van der Waals surface area contributed by atoms with Crippen molar-refractivity contribution < 1.29 is 8.42 Å². The van der Waals surface area contributed by atoms with Crippen molar-refractivity contribution in [2.75, 3.05) is 5.75 Å². The minimum absolute atomic E-state index is 0.299. The molecule has 2 fully saturated rings. The molecule has 1 heterocycles. The normalized spacial score (nSPS) is 49.9. The van der Waals surface area contributed by atoms with Crippen molar-refractivity contribution in [3.63, 3.8) is 0 Å². The lowest BCUT2D eigenvalue weighted by Crippen LogP contribution is -2.45. The van der Waals surface area contributed by atoms with E-state index in [0.29, 0.717) is 11.7 Å². The lowest BCUT2D eigenvalue weighted by Gasteiger charge is -2.39. The topological polar surface area (TPSA) is 34.1 Å². The molecule has 2 rings (SSSR count). The van der Waals surface area contributed by atoms with Crippen LogP contribution in [0.3, 0.4) is 0 Å². The monoisotopic (exact) mass is 160 g/mol. The highest BCUT2D eigenvalue weighted by Gasteiger charge is 2.56. The molecule has 0 spiro atoms. The van der Waals surface area contributed by atoms with Gasteiger partial charge in [-0.15, -0.1) is 0 Å². The fraction of sp³-hybridized carbons (Fsp3) is 1.00. The Morgan fingerprint density at radius 2 is 2.10 bits per heavy atom. The Labute approximate surface area is 61.5 Å². The maximum atomic E-state index is 11.3. The van der Waals surface area contributed by atoms with Crippen LogP contribution in [0.2, 0.25) is 0 Å². The van der Waals surface area contributed by atoms with Crippen molar-refractivity contribution in [1.82, 2.24) is 0 Å². The highest BCUT2D eigenvalue weighted by molar-refractivity contribution is 7.93. The summed E-state index contributed by atoms with van der Waals surface area (Å²) in [5.74, 6) is 0.936. The molecule has 1 aliphatic heterocycles. The largest absolute Gasteiger partial charge is 0.228 e. The van der Waals surface area contributed by atoms with Crippen molar-refractivity contribution in [1.29, 1.82) is 0 Å². The van der Waals surface area contributed by atoms with E-state index in [4.69, 9.17) is 0 Å². The van der Waals surface area contributed by atoms with E-state index in [1.165, 1.54) is 0 Å². The van der Waals surface area contributed by atoms with Gasteiger partial charge in [0.15, 0.2) is 9.84 Å². The van der Waals surface area contributed by atoms with Crippen molar-refractivity contribution in [2.45, 2.75) is 30.9 Å². The third kappa shape index (κ3) is 0.529. The number of hydrogen-bond donors (Lipinski definition) is 0. The Morgan fingerprint density at radius 1 is 1.40 bits per heavy atom. The lowest BCUT2D eigenvalue weighted by atomic mass is 9.73. The highest BCUT2D eigenvalue weighted by atomic mass is 32.2. The van der Waals surface area contributed by atoms with E-state index in [-0.39, 0.29) is 4.75 Å². The van der Waals surface area contributed by atoms with Gasteiger partial charge in [-0.1, -0.05) is 0 Å². The Bertz CT molecular complexity index is 255. The lowest BCUT2D eigenvalue weighted by molar-refractivity contribution is 0.237. The van der Waals surface area contributed by atoms with Crippen LogP contribution in [0.4, 0.5) is 0 Å². The van der Waals surface area contributed by atoms with Gasteiger partial charge in [-0.25, -0.2) is 8.42 Å². The molecule has 1 saturated heterocycles. The molecule has 2 atom stereocenters. The molecule has 2 unspecified atom stereocenters. The van der Waals surface area contributed by atoms with Crippen LogP contribution >= 0.6 is 0 Å². The highest BCUT2D eigenvalue weighted by Crippen LogP contribution is 2.51. The molecule has 1 aliphatic carbocycles. The summed E-state index contributed by atoms with van der Waals surface area (Å²) < 4.78 is 22.4. The second-order valence-corrected chi connectivity index (χ2v) is 6.23. The number of hydrogen-bond acceptors (Lipinski definition) is 2. The molecule has 0 aromatic carbocycles. The quantitative estimate of drug-likeness (QED) is 0.529. The van der Waals surface area contributed by atoms with Crippen molar-refractivity contribution >= 4 is 9.84 Å². The van der Waals surface area contributed by atoms with Gasteiger partial charge in [-0.05, 0) is 32.1 Å². The molecule has 3 heteroatoms. The van der Waals surface area contributed by atoms with Gasteiger partial charge in [0.25, 0.3) is 0 Å². The van der Waals surface area contributed by atoms with Crippen LogP contribution in [0, 0.1) is 5.92 Å². The molecule has 1 saturated carbocycles. The van der Waals surface area contributed by atoms with Crippen LogP contribution in [0.1, 0.15) is 26.2 Å².